The molecule has 4 N–H and O–H groups in total. The summed E-state index contributed by atoms with van der Waals surface area (Å²) in [5.74, 6) is -0.448. The first-order valence-corrected chi connectivity index (χ1v) is 9.04. The zero-order chi connectivity index (χ0) is 21.9. The third-order valence-corrected chi connectivity index (χ3v) is 4.30. The van der Waals surface area contributed by atoms with Gasteiger partial charge in [-0.2, -0.15) is 5.10 Å². The van der Waals surface area contributed by atoms with Crippen LogP contribution >= 0.6 is 0 Å². The number of primary amides is 1. The summed E-state index contributed by atoms with van der Waals surface area (Å²) < 4.78 is 12.2. The van der Waals surface area contributed by atoms with Crippen molar-refractivity contribution in [2.45, 2.75) is 19.4 Å². The van der Waals surface area contributed by atoms with E-state index < -0.39 is 11.8 Å². The van der Waals surface area contributed by atoms with Crippen LogP contribution in [0.25, 0.3) is 11.5 Å². The summed E-state index contributed by atoms with van der Waals surface area (Å²) >= 11 is 0. The lowest BCUT2D eigenvalue weighted by atomic mass is 10.1. The molecule has 0 aliphatic rings. The molecule has 0 aliphatic heterocycles. The molecule has 0 aromatic carbocycles. The Labute approximate surface area is 172 Å². The van der Waals surface area contributed by atoms with Crippen LogP contribution in [0.3, 0.4) is 0 Å². The zero-order valence-corrected chi connectivity index (χ0v) is 17.1. The summed E-state index contributed by atoms with van der Waals surface area (Å²) in [6.07, 6.45) is 4.31. The lowest BCUT2D eigenvalue weighted by molar-refractivity contribution is 0.0343. The van der Waals surface area contributed by atoms with Crippen LogP contribution in [0.15, 0.2) is 35.2 Å². The van der Waals surface area contributed by atoms with Gasteiger partial charge in [0.1, 0.15) is 12.1 Å². The third-order valence-electron chi connectivity index (χ3n) is 4.30. The molecule has 0 atom stereocenters. The van der Waals surface area contributed by atoms with Gasteiger partial charge in [-0.1, -0.05) is 0 Å². The molecule has 11 nitrogen and oxygen atoms in total. The Bertz CT molecular complexity index is 1070. The first-order valence-electron chi connectivity index (χ1n) is 9.04. The molecule has 2 amide bonds. The fraction of sp³-hybridized carbons (Fsp3) is 0.316. The molecule has 0 aliphatic carbocycles. The van der Waals surface area contributed by atoms with Crippen LogP contribution in [-0.2, 0) is 11.8 Å². The number of amides is 2. The van der Waals surface area contributed by atoms with Gasteiger partial charge in [-0.05, 0) is 26.0 Å². The number of aromatic nitrogens is 4. The summed E-state index contributed by atoms with van der Waals surface area (Å²) in [7, 11) is 3.25. The molecule has 3 aromatic rings. The number of rotatable bonds is 8. The van der Waals surface area contributed by atoms with Crippen molar-refractivity contribution in [3.05, 3.63) is 42.2 Å². The topological polar surface area (TPSA) is 150 Å². The van der Waals surface area contributed by atoms with E-state index in [2.05, 4.69) is 25.7 Å². The van der Waals surface area contributed by atoms with E-state index in [-0.39, 0.29) is 28.6 Å². The quantitative estimate of drug-likeness (QED) is 0.504. The number of pyridine rings is 1. The maximum atomic E-state index is 12.5. The maximum absolute atomic E-state index is 12.5. The van der Waals surface area contributed by atoms with Gasteiger partial charge in [0.2, 0.25) is 5.89 Å². The Morgan fingerprint density at radius 2 is 2.13 bits per heavy atom. The van der Waals surface area contributed by atoms with Crippen molar-refractivity contribution in [1.29, 1.82) is 0 Å². The van der Waals surface area contributed by atoms with Gasteiger partial charge in [0.05, 0.1) is 11.3 Å². The average Bonchev–Trinajstić information content (AvgIpc) is 3.34. The highest BCUT2D eigenvalue weighted by atomic mass is 16.5. The standard InChI is InChI=1S/C19H23N7O4/c1-19(2,29-4)10-22-14-7-11(5-6-21-14)18-24-13(9-30-18)17(28)23-12-8-26(3)25-15(12)16(20)27/h5-9H,10H2,1-4H3,(H2,20,27)(H,21,22)(H,23,28). The van der Waals surface area contributed by atoms with Crippen molar-refractivity contribution in [1.82, 2.24) is 19.7 Å². The Kier molecular flexibility index (Phi) is 5.83. The van der Waals surface area contributed by atoms with Gasteiger partial charge in [-0.15, -0.1) is 0 Å². The lowest BCUT2D eigenvalue weighted by Gasteiger charge is -2.23. The number of oxazole rings is 1. The normalized spacial score (nSPS) is 11.3. The van der Waals surface area contributed by atoms with Crippen LogP contribution in [0.1, 0.15) is 34.8 Å². The number of hydrogen-bond donors (Lipinski definition) is 3. The smallest absolute Gasteiger partial charge is 0.277 e. The molecule has 0 unspecified atom stereocenters. The van der Waals surface area contributed by atoms with Crippen LogP contribution < -0.4 is 16.4 Å². The van der Waals surface area contributed by atoms with Crippen LogP contribution in [0.5, 0.6) is 0 Å². The van der Waals surface area contributed by atoms with Gasteiger partial charge in [-0.3, -0.25) is 14.3 Å². The number of carbonyl (C=O) groups excluding carboxylic acids is 2. The van der Waals surface area contributed by atoms with Crippen LogP contribution in [-0.4, -0.2) is 50.8 Å². The minimum atomic E-state index is -0.750. The second-order valence-electron chi connectivity index (χ2n) is 7.17. The van der Waals surface area contributed by atoms with E-state index in [1.54, 1.807) is 32.5 Å². The number of nitrogens with one attached hydrogen (secondary N) is 2. The Balaban J connectivity index is 1.74. The summed E-state index contributed by atoms with van der Waals surface area (Å²) in [5.41, 5.74) is 5.74. The van der Waals surface area contributed by atoms with E-state index in [0.717, 1.165) is 0 Å². The van der Waals surface area contributed by atoms with Crippen molar-refractivity contribution >= 4 is 23.3 Å². The number of methoxy groups -OCH3 is 1. The van der Waals surface area contributed by atoms with Crippen LogP contribution in [0.2, 0.25) is 0 Å². The summed E-state index contributed by atoms with van der Waals surface area (Å²) in [5, 5.41) is 9.67. The van der Waals surface area contributed by atoms with Gasteiger partial charge in [0.25, 0.3) is 11.8 Å². The molecular weight excluding hydrogens is 390 g/mol. The molecule has 0 radical (unpaired) electrons. The first kappa shape index (κ1) is 21.0. The molecular formula is C19H23N7O4. The minimum Gasteiger partial charge on any atom is -0.444 e. The number of carbonyl (C=O) groups is 2. The highest BCUT2D eigenvalue weighted by Gasteiger charge is 2.20. The summed E-state index contributed by atoms with van der Waals surface area (Å²) in [6, 6.07) is 3.47. The van der Waals surface area contributed by atoms with E-state index in [0.29, 0.717) is 17.9 Å². The minimum absolute atomic E-state index is 0.0381. The van der Waals surface area contributed by atoms with Gasteiger partial charge in [-0.25, -0.2) is 9.97 Å². The number of anilines is 2. The highest BCUT2D eigenvalue weighted by molar-refractivity contribution is 6.07. The SMILES string of the molecule is COC(C)(C)CNc1cc(-c2nc(C(=O)Nc3cn(C)nc3C(N)=O)co2)ccn1. The second-order valence-corrected chi connectivity index (χ2v) is 7.17. The Hall–Kier alpha value is -3.73. The Morgan fingerprint density at radius 3 is 2.83 bits per heavy atom. The van der Waals surface area contributed by atoms with Crippen LogP contribution in [0, 0.1) is 0 Å². The number of nitrogens with zero attached hydrogens (tertiary/aromatic N) is 4. The second kappa shape index (κ2) is 8.33. The van der Waals surface area contributed by atoms with Crippen molar-refractivity contribution in [2.75, 3.05) is 24.3 Å². The fourth-order valence-corrected chi connectivity index (χ4v) is 2.49. The molecule has 0 bridgehead atoms. The number of hydrogen-bond acceptors (Lipinski definition) is 8. The van der Waals surface area contributed by atoms with Crippen molar-refractivity contribution < 1.29 is 18.7 Å². The highest BCUT2D eigenvalue weighted by Crippen LogP contribution is 2.22. The summed E-state index contributed by atoms with van der Waals surface area (Å²) in [4.78, 5) is 32.4. The van der Waals surface area contributed by atoms with Crippen molar-refractivity contribution in [2.24, 2.45) is 12.8 Å². The average molecular weight is 413 g/mol. The number of ether oxygens (including phenoxy) is 1. The molecule has 3 aromatic heterocycles. The van der Waals surface area contributed by atoms with Crippen molar-refractivity contribution in [3.8, 4) is 11.5 Å². The third kappa shape index (κ3) is 4.81. The predicted octanol–water partition coefficient (Wildman–Crippen LogP) is 1.66. The van der Waals surface area contributed by atoms with Gasteiger partial charge in [0.15, 0.2) is 11.4 Å². The number of nitrogens with two attached hydrogens (primary N) is 1. The van der Waals surface area contributed by atoms with E-state index in [4.69, 9.17) is 14.9 Å². The Morgan fingerprint density at radius 1 is 1.37 bits per heavy atom. The largest absolute Gasteiger partial charge is 0.444 e. The summed E-state index contributed by atoms with van der Waals surface area (Å²) in [6.45, 7) is 4.45. The van der Waals surface area contributed by atoms with E-state index in [9.17, 15) is 9.59 Å². The van der Waals surface area contributed by atoms with Gasteiger partial charge < -0.3 is 25.5 Å². The lowest BCUT2D eigenvalue weighted by Crippen LogP contribution is -2.32. The molecule has 3 heterocycles. The molecule has 0 spiro atoms. The van der Waals surface area contributed by atoms with E-state index in [1.807, 2.05) is 13.8 Å². The molecule has 0 fully saturated rings. The molecule has 0 saturated heterocycles. The van der Waals surface area contributed by atoms with Gasteiger partial charge >= 0.3 is 0 Å². The monoisotopic (exact) mass is 413 g/mol. The fourth-order valence-electron chi connectivity index (χ4n) is 2.49. The van der Waals surface area contributed by atoms with Crippen LogP contribution in [0.4, 0.5) is 11.5 Å². The number of aryl methyl sites for hydroxylation is 1. The maximum Gasteiger partial charge on any atom is 0.277 e. The molecule has 0 saturated carbocycles. The molecule has 158 valence electrons. The van der Waals surface area contributed by atoms with E-state index >= 15 is 0 Å². The van der Waals surface area contributed by atoms with Gasteiger partial charge in [0, 0.05) is 38.7 Å². The predicted molar refractivity (Wildman–Crippen MR) is 109 cm³/mol. The van der Waals surface area contributed by atoms with E-state index in [1.165, 1.54) is 17.1 Å². The molecule has 11 heteroatoms. The molecule has 30 heavy (non-hydrogen) atoms. The van der Waals surface area contributed by atoms with Crippen molar-refractivity contribution in [3.63, 3.8) is 0 Å². The molecule has 3 rings (SSSR count). The zero-order valence-electron chi connectivity index (χ0n) is 17.1. The first-order chi connectivity index (χ1) is 14.2.